The van der Waals surface area contributed by atoms with E-state index in [1.54, 1.807) is 32.9 Å². The Kier molecular flexibility index (Phi) is 22.0. The van der Waals surface area contributed by atoms with Crippen molar-refractivity contribution in [1.82, 2.24) is 10.6 Å². The Labute approximate surface area is 303 Å². The van der Waals surface area contributed by atoms with Crippen molar-refractivity contribution < 1.29 is 28.7 Å². The van der Waals surface area contributed by atoms with E-state index in [0.717, 1.165) is 11.1 Å². The molecule has 2 amide bonds. The van der Waals surface area contributed by atoms with E-state index in [-0.39, 0.29) is 29.6 Å². The van der Waals surface area contributed by atoms with Gasteiger partial charge in [-0.2, -0.15) is 0 Å². The molecule has 0 radical (unpaired) electrons. The zero-order valence-corrected chi connectivity index (χ0v) is 31.4. The van der Waals surface area contributed by atoms with E-state index in [0.29, 0.717) is 42.3 Å². The monoisotopic (exact) mass is 755 g/mol. The molecular weight excluding hydrogens is 712 g/mol. The lowest BCUT2D eigenvalue weighted by Gasteiger charge is -2.23. The van der Waals surface area contributed by atoms with E-state index in [2.05, 4.69) is 10.6 Å². The highest BCUT2D eigenvalue weighted by Gasteiger charge is 2.21. The molecule has 2 rings (SSSR count). The van der Waals surface area contributed by atoms with E-state index >= 15 is 0 Å². The first-order valence-corrected chi connectivity index (χ1v) is 17.0. The Bertz CT molecular complexity index is 1230. The molecule has 0 spiro atoms. The van der Waals surface area contributed by atoms with Crippen LogP contribution in [0.15, 0.2) is 48.5 Å². The summed E-state index contributed by atoms with van der Waals surface area (Å²) in [6, 6.07) is 14.5. The summed E-state index contributed by atoms with van der Waals surface area (Å²) in [7, 11) is 0. The zero-order valence-electron chi connectivity index (χ0n) is 27.6. The molecule has 2 atom stereocenters. The van der Waals surface area contributed by atoms with Gasteiger partial charge in [-0.3, -0.25) is 9.59 Å². The smallest absolute Gasteiger partial charge is 0.407 e. The number of Topliss-reactive ketones (excluding diaryl/α,β-unsaturated/α-hetero) is 1. The number of amides is 2. The Morgan fingerprint density at radius 3 is 1.38 bits per heavy atom. The molecular formula is C33H46Cl5N3O6. The van der Waals surface area contributed by atoms with Crippen molar-refractivity contribution in [3.8, 4) is 0 Å². The Hall–Kier alpha value is -2.27. The van der Waals surface area contributed by atoms with Gasteiger partial charge in [-0.05, 0) is 108 Å². The van der Waals surface area contributed by atoms with Crippen molar-refractivity contribution in [3.63, 3.8) is 0 Å². The van der Waals surface area contributed by atoms with Gasteiger partial charge in [0.25, 0.3) is 0 Å². The topological polar surface area (TPSA) is 137 Å². The number of ketones is 1. The van der Waals surface area contributed by atoms with Gasteiger partial charge in [0.15, 0.2) is 0 Å². The molecule has 0 unspecified atom stereocenters. The summed E-state index contributed by atoms with van der Waals surface area (Å²) in [6.45, 7) is 11.2. The van der Waals surface area contributed by atoms with Crippen molar-refractivity contribution in [3.05, 3.63) is 69.7 Å². The van der Waals surface area contributed by atoms with Crippen molar-refractivity contribution >= 4 is 81.2 Å². The number of halogens is 5. The van der Waals surface area contributed by atoms with Crippen LogP contribution in [0, 0.1) is 0 Å². The van der Waals surface area contributed by atoms with Crippen LogP contribution in [0.25, 0.3) is 0 Å². The maximum absolute atomic E-state index is 12.0. The molecule has 0 aliphatic heterocycles. The van der Waals surface area contributed by atoms with Crippen LogP contribution in [0.4, 0.5) is 9.59 Å². The fourth-order valence-electron chi connectivity index (χ4n) is 3.58. The van der Waals surface area contributed by atoms with E-state index in [4.69, 9.17) is 73.2 Å². The quantitative estimate of drug-likeness (QED) is 0.147. The molecule has 0 aliphatic rings. The number of nitrogens with two attached hydrogens (primary N) is 1. The predicted octanol–water partition coefficient (Wildman–Crippen LogP) is 8.09. The fraction of sp³-hybridized carbons (Fsp3) is 0.515. The third-order valence-electron chi connectivity index (χ3n) is 5.54. The largest absolute Gasteiger partial charge is 0.444 e. The number of nitrogens with one attached hydrogen (secondary N) is 2. The number of hydrogen-bond donors (Lipinski definition) is 3. The van der Waals surface area contributed by atoms with E-state index in [1.165, 1.54) is 0 Å². The summed E-state index contributed by atoms with van der Waals surface area (Å²) in [5.74, 6) is -0.152. The van der Waals surface area contributed by atoms with Crippen LogP contribution < -0.4 is 16.4 Å². The second kappa shape index (κ2) is 23.1. The van der Waals surface area contributed by atoms with Gasteiger partial charge >= 0.3 is 12.2 Å². The van der Waals surface area contributed by atoms with Crippen LogP contribution in [0.2, 0.25) is 10.0 Å². The summed E-state index contributed by atoms with van der Waals surface area (Å²) in [6.07, 6.45) is 1.12. The first kappa shape index (κ1) is 44.7. The zero-order chi connectivity index (χ0) is 36.2. The number of alkyl halides is 2. The minimum atomic E-state index is -0.569. The molecule has 0 fully saturated rings. The van der Waals surface area contributed by atoms with E-state index in [1.807, 2.05) is 57.2 Å². The standard InChI is InChI=1S/C17H23Cl2NO3.C14H21ClN2O2.C2H2Cl2O/c1-17(2,3)23-16(22)20-14(8-9-15(21)11-18)10-12-4-6-13(19)7-5-12;1-14(2,3)19-13(18)17-12(9-16)8-10-4-6-11(15)7-5-10;3-1-2(4)5/h4-7,14H,8-11H2,1-3H3,(H,20,22);4-7,12H,8-9,16H2,1-3H3,(H,17,18);1H2/t14-;12-;/m10./s1. The molecule has 4 N–H and O–H groups in total. The number of carbonyl (C=O) groups excluding carboxylic acids is 4. The van der Waals surface area contributed by atoms with Crippen molar-refractivity contribution in [2.45, 2.75) is 90.5 Å². The van der Waals surface area contributed by atoms with E-state index in [9.17, 15) is 19.2 Å². The molecule has 0 bridgehead atoms. The normalized spacial score (nSPS) is 12.2. The first-order chi connectivity index (χ1) is 21.8. The predicted molar refractivity (Wildman–Crippen MR) is 192 cm³/mol. The van der Waals surface area contributed by atoms with Crippen LogP contribution in [-0.2, 0) is 31.9 Å². The fourth-order valence-corrected chi connectivity index (χ4v) is 3.96. The second-order valence-electron chi connectivity index (χ2n) is 12.3. The van der Waals surface area contributed by atoms with Gasteiger partial charge in [-0.1, -0.05) is 47.5 Å². The number of benzene rings is 2. The number of carbonyl (C=O) groups is 4. The summed E-state index contributed by atoms with van der Waals surface area (Å²) in [5, 5.41) is 6.43. The van der Waals surface area contributed by atoms with Crippen LogP contribution in [0.1, 0.15) is 65.5 Å². The minimum absolute atomic E-state index is 0.0138. The summed E-state index contributed by atoms with van der Waals surface area (Å²) < 4.78 is 10.5. The molecule has 2 aromatic rings. The van der Waals surface area contributed by atoms with Gasteiger partial charge in [0, 0.05) is 35.1 Å². The maximum atomic E-state index is 12.0. The lowest BCUT2D eigenvalue weighted by Crippen LogP contribution is -2.44. The summed E-state index contributed by atoms with van der Waals surface area (Å²) in [4.78, 5) is 44.5. The highest BCUT2D eigenvalue weighted by atomic mass is 35.5. The van der Waals surface area contributed by atoms with Crippen molar-refractivity contribution in [2.75, 3.05) is 18.3 Å². The number of ether oxygens (including phenoxy) is 2. The number of hydrogen-bond acceptors (Lipinski definition) is 7. The van der Waals surface area contributed by atoms with E-state index < -0.39 is 28.6 Å². The lowest BCUT2D eigenvalue weighted by atomic mass is 10.0. The summed E-state index contributed by atoms with van der Waals surface area (Å²) >= 11 is 26.8. The molecule has 0 heterocycles. The Balaban J connectivity index is 0.000000797. The van der Waals surface area contributed by atoms with Gasteiger partial charge in [-0.15, -0.1) is 23.2 Å². The maximum Gasteiger partial charge on any atom is 0.407 e. The molecule has 0 saturated carbocycles. The molecule has 9 nitrogen and oxygen atoms in total. The van der Waals surface area contributed by atoms with Crippen LogP contribution in [0.5, 0.6) is 0 Å². The highest BCUT2D eigenvalue weighted by Crippen LogP contribution is 2.15. The molecule has 14 heteroatoms. The molecule has 264 valence electrons. The van der Waals surface area contributed by atoms with Gasteiger partial charge in [-0.25, -0.2) is 9.59 Å². The molecule has 2 aromatic carbocycles. The molecule has 47 heavy (non-hydrogen) atoms. The third-order valence-corrected chi connectivity index (χ3v) is 6.86. The molecule has 0 saturated heterocycles. The van der Waals surface area contributed by atoms with Gasteiger partial charge in [0.05, 0.1) is 11.8 Å². The van der Waals surface area contributed by atoms with Gasteiger partial charge < -0.3 is 25.8 Å². The average molecular weight is 758 g/mol. The highest BCUT2D eigenvalue weighted by molar-refractivity contribution is 6.67. The Morgan fingerprint density at radius 2 is 1.06 bits per heavy atom. The summed E-state index contributed by atoms with van der Waals surface area (Å²) in [5.41, 5.74) is 6.67. The number of alkyl carbamates (subject to hydrolysis) is 2. The molecule has 0 aliphatic carbocycles. The first-order valence-electron chi connectivity index (χ1n) is 14.8. The Morgan fingerprint density at radius 1 is 0.702 bits per heavy atom. The lowest BCUT2D eigenvalue weighted by molar-refractivity contribution is -0.117. The van der Waals surface area contributed by atoms with Crippen LogP contribution >= 0.6 is 58.0 Å². The minimum Gasteiger partial charge on any atom is -0.444 e. The average Bonchev–Trinajstić information content (AvgIpc) is 2.96. The number of rotatable bonds is 12. The van der Waals surface area contributed by atoms with Crippen molar-refractivity contribution in [1.29, 1.82) is 0 Å². The van der Waals surface area contributed by atoms with Crippen LogP contribution in [-0.4, -0.2) is 64.8 Å². The van der Waals surface area contributed by atoms with Gasteiger partial charge in [0.2, 0.25) is 5.24 Å². The SMILES string of the molecule is CC(C)(C)OC(=O)N[C@H](CCC(=O)CCl)Cc1ccc(Cl)cc1.CC(C)(C)OC(=O)N[C@H](CN)Cc1ccc(Cl)cc1.O=C(Cl)CCl. The van der Waals surface area contributed by atoms with Crippen molar-refractivity contribution in [2.24, 2.45) is 5.73 Å². The third kappa shape index (κ3) is 25.4. The van der Waals surface area contributed by atoms with Gasteiger partial charge in [0.1, 0.15) is 17.0 Å². The van der Waals surface area contributed by atoms with Crippen LogP contribution in [0.3, 0.4) is 0 Å². The second-order valence-corrected chi connectivity index (χ2v) is 14.1. The molecule has 0 aromatic heterocycles.